The minimum Gasteiger partial charge on any atom is -0.480 e. The van der Waals surface area contributed by atoms with Crippen LogP contribution >= 0.6 is 11.6 Å². The van der Waals surface area contributed by atoms with Crippen molar-refractivity contribution in [1.29, 1.82) is 0 Å². The van der Waals surface area contributed by atoms with Gasteiger partial charge in [0.2, 0.25) is 0 Å². The molecular weight excluding hydrogens is 334 g/mol. The number of anilines is 1. The minimum absolute atomic E-state index is 0.216. The number of ether oxygens (including phenoxy) is 1. The van der Waals surface area contributed by atoms with E-state index in [0.717, 1.165) is 18.5 Å². The van der Waals surface area contributed by atoms with E-state index in [-0.39, 0.29) is 16.7 Å². The van der Waals surface area contributed by atoms with Crippen molar-refractivity contribution in [3.8, 4) is 5.75 Å². The summed E-state index contributed by atoms with van der Waals surface area (Å²) >= 11 is 6.03. The van der Waals surface area contributed by atoms with E-state index in [0.29, 0.717) is 17.3 Å². The number of hydrogen-bond acceptors (Lipinski definition) is 4. The molecule has 1 fully saturated rings. The zero-order chi connectivity index (χ0) is 17.3. The van der Waals surface area contributed by atoms with Gasteiger partial charge in [-0.2, -0.15) is 5.10 Å². The number of aromatic nitrogens is 2. The largest absolute Gasteiger partial charge is 0.480 e. The monoisotopic (exact) mass is 349 g/mol. The van der Waals surface area contributed by atoms with E-state index in [9.17, 15) is 9.59 Å². The fourth-order valence-electron chi connectivity index (χ4n) is 2.38. The van der Waals surface area contributed by atoms with Gasteiger partial charge in [-0.05, 0) is 37.1 Å². The number of carbonyl (C=O) groups excluding carboxylic acids is 1. The van der Waals surface area contributed by atoms with Crippen molar-refractivity contribution < 1.29 is 19.4 Å². The van der Waals surface area contributed by atoms with Crippen molar-refractivity contribution in [3.05, 3.63) is 40.7 Å². The first-order valence-electron chi connectivity index (χ1n) is 7.43. The summed E-state index contributed by atoms with van der Waals surface area (Å²) in [6.45, 7) is -0.483. The van der Waals surface area contributed by atoms with Gasteiger partial charge < -0.3 is 15.2 Å². The second-order valence-corrected chi connectivity index (χ2v) is 6.04. The highest BCUT2D eigenvalue weighted by molar-refractivity contribution is 6.32. The lowest BCUT2D eigenvalue weighted by Crippen LogP contribution is -2.13. The molecule has 0 unspecified atom stereocenters. The Balaban J connectivity index is 1.69. The zero-order valence-corrected chi connectivity index (χ0v) is 13.7. The standard InChI is InChI=1S/C16H16ClN3O4/c1-20-13(9-2-3-9)7-12(19-20)16(23)18-10-4-5-14(11(17)6-10)24-8-15(21)22/h4-7,9H,2-3,8H2,1H3,(H,18,23)(H,21,22). The topological polar surface area (TPSA) is 93.5 Å². The van der Waals surface area contributed by atoms with E-state index in [1.165, 1.54) is 12.1 Å². The lowest BCUT2D eigenvalue weighted by atomic mass is 10.2. The normalized spacial score (nSPS) is 13.6. The highest BCUT2D eigenvalue weighted by Gasteiger charge is 2.28. The van der Waals surface area contributed by atoms with Gasteiger partial charge in [0.1, 0.15) is 5.75 Å². The third kappa shape index (κ3) is 3.68. The lowest BCUT2D eigenvalue weighted by molar-refractivity contribution is -0.139. The average Bonchev–Trinajstić information content (AvgIpc) is 3.28. The highest BCUT2D eigenvalue weighted by atomic mass is 35.5. The molecule has 2 N–H and O–H groups in total. The number of rotatable bonds is 6. The van der Waals surface area contributed by atoms with Crippen molar-refractivity contribution in [2.45, 2.75) is 18.8 Å². The Labute approximate surface area is 143 Å². The van der Waals surface area contributed by atoms with Crippen LogP contribution in [0.1, 0.15) is 34.9 Å². The van der Waals surface area contributed by atoms with Crippen molar-refractivity contribution in [3.63, 3.8) is 0 Å². The van der Waals surface area contributed by atoms with E-state index in [4.69, 9.17) is 21.4 Å². The predicted octanol–water partition coefficient (Wildman–Crippen LogP) is 2.67. The fourth-order valence-corrected chi connectivity index (χ4v) is 2.62. The second-order valence-electron chi connectivity index (χ2n) is 5.63. The van der Waals surface area contributed by atoms with Crippen LogP contribution in [-0.4, -0.2) is 33.4 Å². The molecule has 1 aromatic heterocycles. The first-order valence-corrected chi connectivity index (χ1v) is 7.81. The third-order valence-electron chi connectivity index (χ3n) is 3.69. The molecule has 0 spiro atoms. The maximum Gasteiger partial charge on any atom is 0.341 e. The molecule has 3 rings (SSSR count). The number of nitrogens with zero attached hydrogens (tertiary/aromatic N) is 2. The van der Waals surface area contributed by atoms with Crippen LogP contribution < -0.4 is 10.1 Å². The SMILES string of the molecule is Cn1nc(C(=O)Nc2ccc(OCC(=O)O)c(Cl)c2)cc1C1CC1. The maximum atomic E-state index is 12.3. The smallest absolute Gasteiger partial charge is 0.341 e. The number of amides is 1. The maximum absolute atomic E-state index is 12.3. The Kier molecular flexibility index (Phi) is 4.44. The summed E-state index contributed by atoms with van der Waals surface area (Å²) in [7, 11) is 1.83. The molecular formula is C16H16ClN3O4. The van der Waals surface area contributed by atoms with E-state index in [2.05, 4.69) is 10.4 Å². The van der Waals surface area contributed by atoms with Gasteiger partial charge in [-0.25, -0.2) is 4.79 Å². The molecule has 0 aliphatic heterocycles. The summed E-state index contributed by atoms with van der Waals surface area (Å²) in [5.74, 6) is -0.673. The van der Waals surface area contributed by atoms with Gasteiger partial charge in [0, 0.05) is 24.3 Å². The molecule has 1 aliphatic carbocycles. The molecule has 1 heterocycles. The number of aryl methyl sites for hydroxylation is 1. The van der Waals surface area contributed by atoms with Crippen LogP contribution in [0.4, 0.5) is 5.69 Å². The highest BCUT2D eigenvalue weighted by Crippen LogP contribution is 2.40. The van der Waals surface area contributed by atoms with Gasteiger partial charge in [0.25, 0.3) is 5.91 Å². The number of carbonyl (C=O) groups is 2. The molecule has 24 heavy (non-hydrogen) atoms. The quantitative estimate of drug-likeness (QED) is 0.836. The van der Waals surface area contributed by atoms with E-state index < -0.39 is 12.6 Å². The second kappa shape index (κ2) is 6.52. The van der Waals surface area contributed by atoms with Crippen LogP contribution in [0.15, 0.2) is 24.3 Å². The third-order valence-corrected chi connectivity index (χ3v) is 3.98. The predicted molar refractivity (Wildman–Crippen MR) is 87.7 cm³/mol. The van der Waals surface area contributed by atoms with Crippen LogP contribution in [0.5, 0.6) is 5.75 Å². The Morgan fingerprint density at radius 1 is 1.42 bits per heavy atom. The summed E-state index contributed by atoms with van der Waals surface area (Å²) in [6, 6.07) is 6.40. The molecule has 126 valence electrons. The molecule has 2 aromatic rings. The van der Waals surface area contributed by atoms with E-state index in [1.54, 1.807) is 16.8 Å². The van der Waals surface area contributed by atoms with Crippen LogP contribution in [-0.2, 0) is 11.8 Å². The number of carboxylic acid groups (broad SMARTS) is 1. The molecule has 8 heteroatoms. The summed E-state index contributed by atoms with van der Waals surface area (Å²) < 4.78 is 6.77. The summed E-state index contributed by atoms with van der Waals surface area (Å²) in [6.07, 6.45) is 2.27. The molecule has 0 atom stereocenters. The summed E-state index contributed by atoms with van der Waals surface area (Å²) in [5, 5.41) is 15.8. The average molecular weight is 350 g/mol. The van der Waals surface area contributed by atoms with Crippen LogP contribution in [0.2, 0.25) is 5.02 Å². The van der Waals surface area contributed by atoms with Gasteiger partial charge in [0.15, 0.2) is 12.3 Å². The minimum atomic E-state index is -1.09. The van der Waals surface area contributed by atoms with Gasteiger partial charge in [-0.3, -0.25) is 9.48 Å². The summed E-state index contributed by atoms with van der Waals surface area (Å²) in [4.78, 5) is 22.8. The molecule has 0 saturated heterocycles. The number of carboxylic acids is 1. The Morgan fingerprint density at radius 3 is 2.79 bits per heavy atom. The van der Waals surface area contributed by atoms with Crippen LogP contribution in [0.25, 0.3) is 0 Å². The fraction of sp³-hybridized carbons (Fsp3) is 0.312. The molecule has 0 radical (unpaired) electrons. The molecule has 0 bridgehead atoms. The first kappa shape index (κ1) is 16.3. The summed E-state index contributed by atoms with van der Waals surface area (Å²) in [5.41, 5.74) is 1.89. The van der Waals surface area contributed by atoms with Crippen LogP contribution in [0, 0.1) is 0 Å². The number of nitrogens with one attached hydrogen (secondary N) is 1. The van der Waals surface area contributed by atoms with Gasteiger partial charge in [-0.1, -0.05) is 11.6 Å². The number of benzene rings is 1. The molecule has 1 aromatic carbocycles. The van der Waals surface area contributed by atoms with Gasteiger partial charge in [0.05, 0.1) is 5.02 Å². The Hall–Kier alpha value is -2.54. The number of halogens is 1. The van der Waals surface area contributed by atoms with Crippen molar-refractivity contribution >= 4 is 29.2 Å². The number of hydrogen-bond donors (Lipinski definition) is 2. The van der Waals surface area contributed by atoms with Crippen molar-refractivity contribution in [2.75, 3.05) is 11.9 Å². The van der Waals surface area contributed by atoms with E-state index >= 15 is 0 Å². The molecule has 1 amide bonds. The molecule has 1 saturated carbocycles. The van der Waals surface area contributed by atoms with Crippen LogP contribution in [0.3, 0.4) is 0 Å². The molecule has 1 aliphatic rings. The van der Waals surface area contributed by atoms with Crippen molar-refractivity contribution in [2.24, 2.45) is 7.05 Å². The van der Waals surface area contributed by atoms with Gasteiger partial charge in [-0.15, -0.1) is 0 Å². The lowest BCUT2D eigenvalue weighted by Gasteiger charge is -2.08. The van der Waals surface area contributed by atoms with Crippen molar-refractivity contribution in [1.82, 2.24) is 9.78 Å². The number of aliphatic carboxylic acids is 1. The Bertz CT molecular complexity index is 799. The van der Waals surface area contributed by atoms with E-state index in [1.807, 2.05) is 7.05 Å². The Morgan fingerprint density at radius 2 is 2.17 bits per heavy atom. The van der Waals surface area contributed by atoms with Gasteiger partial charge >= 0.3 is 5.97 Å². The molecule has 7 nitrogen and oxygen atoms in total. The zero-order valence-electron chi connectivity index (χ0n) is 13.0. The first-order chi connectivity index (χ1) is 11.4.